The van der Waals surface area contributed by atoms with Crippen LogP contribution < -0.4 is 0 Å². The van der Waals surface area contributed by atoms with Crippen molar-refractivity contribution in [1.82, 2.24) is 4.90 Å². The highest BCUT2D eigenvalue weighted by molar-refractivity contribution is 9.10. The fourth-order valence-corrected chi connectivity index (χ4v) is 2.50. The maximum atomic E-state index is 11.7. The largest absolute Gasteiger partial charge is 0.349 e. The molecule has 0 aromatic heterocycles. The van der Waals surface area contributed by atoms with E-state index in [1.807, 2.05) is 32.3 Å². The van der Waals surface area contributed by atoms with Gasteiger partial charge in [-0.1, -0.05) is 34.1 Å². The van der Waals surface area contributed by atoms with Crippen LogP contribution in [0.1, 0.15) is 17.9 Å². The summed E-state index contributed by atoms with van der Waals surface area (Å²) in [5.74, 6) is 0.852. The van der Waals surface area contributed by atoms with Gasteiger partial charge in [-0.3, -0.25) is 4.79 Å². The fourth-order valence-electron chi connectivity index (χ4n) is 1.92. The predicted octanol–water partition coefficient (Wildman–Crippen LogP) is 2.64. The smallest absolute Gasteiger partial charge is 0.225 e. The molecule has 0 aliphatic heterocycles. The van der Waals surface area contributed by atoms with Gasteiger partial charge in [-0.05, 0) is 24.0 Å². The second kappa shape index (κ2) is 3.97. The zero-order valence-corrected chi connectivity index (χ0v) is 10.5. The van der Waals surface area contributed by atoms with Crippen LogP contribution in [0, 0.1) is 5.92 Å². The molecule has 0 saturated heterocycles. The van der Waals surface area contributed by atoms with Gasteiger partial charge in [-0.25, -0.2) is 0 Å². The number of hydrogen-bond donors (Lipinski definition) is 0. The Morgan fingerprint density at radius 3 is 2.67 bits per heavy atom. The zero-order valence-electron chi connectivity index (χ0n) is 8.90. The van der Waals surface area contributed by atoms with E-state index in [1.54, 1.807) is 4.90 Å². The second-order valence-electron chi connectivity index (χ2n) is 4.20. The molecule has 1 amide bonds. The van der Waals surface area contributed by atoms with Crippen molar-refractivity contribution in [2.75, 3.05) is 14.1 Å². The molecule has 2 rings (SSSR count). The lowest BCUT2D eigenvalue weighted by Gasteiger charge is -2.10. The minimum Gasteiger partial charge on any atom is -0.349 e. The van der Waals surface area contributed by atoms with E-state index in [0.717, 1.165) is 10.9 Å². The zero-order chi connectivity index (χ0) is 11.0. The average molecular weight is 268 g/mol. The van der Waals surface area contributed by atoms with E-state index in [-0.39, 0.29) is 11.8 Å². The van der Waals surface area contributed by atoms with Gasteiger partial charge in [0.05, 0.1) is 0 Å². The number of rotatable bonds is 2. The lowest BCUT2D eigenvalue weighted by molar-refractivity contribution is -0.130. The minimum atomic E-state index is 0.193. The first-order valence-electron chi connectivity index (χ1n) is 5.07. The molecule has 0 radical (unpaired) electrons. The lowest BCUT2D eigenvalue weighted by atomic mass is 10.1. The van der Waals surface area contributed by atoms with E-state index < -0.39 is 0 Å². The van der Waals surface area contributed by atoms with Gasteiger partial charge in [0.15, 0.2) is 0 Å². The van der Waals surface area contributed by atoms with E-state index in [9.17, 15) is 4.79 Å². The van der Waals surface area contributed by atoms with Crippen LogP contribution in [0.5, 0.6) is 0 Å². The number of nitrogens with zero attached hydrogens (tertiary/aromatic N) is 1. The summed E-state index contributed by atoms with van der Waals surface area (Å²) in [6, 6.07) is 8.15. The average Bonchev–Trinajstić information content (AvgIpc) is 2.97. The van der Waals surface area contributed by atoms with Crippen LogP contribution in [-0.4, -0.2) is 24.9 Å². The summed E-state index contributed by atoms with van der Waals surface area (Å²) < 4.78 is 1.11. The third-order valence-electron chi connectivity index (χ3n) is 2.85. The van der Waals surface area contributed by atoms with Crippen LogP contribution in [0.4, 0.5) is 0 Å². The number of benzene rings is 1. The Morgan fingerprint density at radius 2 is 2.07 bits per heavy atom. The van der Waals surface area contributed by atoms with Crippen LogP contribution in [0.3, 0.4) is 0 Å². The van der Waals surface area contributed by atoms with Crippen molar-refractivity contribution in [3.63, 3.8) is 0 Å². The molecule has 0 bridgehead atoms. The number of hydrogen-bond acceptors (Lipinski definition) is 1. The molecule has 15 heavy (non-hydrogen) atoms. The molecule has 1 saturated carbocycles. The fraction of sp³-hybridized carbons (Fsp3) is 0.417. The van der Waals surface area contributed by atoms with Gasteiger partial charge in [-0.15, -0.1) is 0 Å². The van der Waals surface area contributed by atoms with Crippen LogP contribution >= 0.6 is 15.9 Å². The van der Waals surface area contributed by atoms with E-state index >= 15 is 0 Å². The monoisotopic (exact) mass is 267 g/mol. The van der Waals surface area contributed by atoms with Crippen molar-refractivity contribution in [2.24, 2.45) is 5.92 Å². The van der Waals surface area contributed by atoms with E-state index in [0.29, 0.717) is 5.92 Å². The molecule has 1 fully saturated rings. The van der Waals surface area contributed by atoms with Crippen molar-refractivity contribution < 1.29 is 4.79 Å². The van der Waals surface area contributed by atoms with Gasteiger partial charge in [-0.2, -0.15) is 0 Å². The van der Waals surface area contributed by atoms with Crippen LogP contribution in [0.2, 0.25) is 0 Å². The molecule has 0 N–H and O–H groups in total. The summed E-state index contributed by atoms with van der Waals surface area (Å²) in [6.07, 6.45) is 0.986. The first-order valence-corrected chi connectivity index (χ1v) is 5.86. The summed E-state index contributed by atoms with van der Waals surface area (Å²) in [4.78, 5) is 13.4. The molecular weight excluding hydrogens is 254 g/mol. The standard InChI is InChI=1S/C12H14BrNO/c1-14(2)12(15)10-7-9(10)8-5-3-4-6-11(8)13/h3-6,9-10H,7H2,1-2H3. The highest BCUT2D eigenvalue weighted by Gasteiger charge is 2.45. The van der Waals surface area contributed by atoms with Gasteiger partial charge in [0.25, 0.3) is 0 Å². The SMILES string of the molecule is CN(C)C(=O)C1CC1c1ccccc1Br. The minimum absolute atomic E-state index is 0.193. The molecular formula is C12H14BrNO. The Kier molecular flexibility index (Phi) is 2.83. The highest BCUT2D eigenvalue weighted by Crippen LogP contribution is 2.50. The highest BCUT2D eigenvalue weighted by atomic mass is 79.9. The van der Waals surface area contributed by atoms with Crippen molar-refractivity contribution in [1.29, 1.82) is 0 Å². The van der Waals surface area contributed by atoms with E-state index in [1.165, 1.54) is 5.56 Å². The van der Waals surface area contributed by atoms with Gasteiger partial charge < -0.3 is 4.90 Å². The maximum absolute atomic E-state index is 11.7. The first-order chi connectivity index (χ1) is 7.11. The Morgan fingerprint density at radius 1 is 1.40 bits per heavy atom. The first kappa shape index (κ1) is 10.7. The molecule has 1 aromatic rings. The number of halogens is 1. The second-order valence-corrected chi connectivity index (χ2v) is 5.06. The third kappa shape index (κ3) is 2.07. The molecule has 2 nitrogen and oxygen atoms in total. The molecule has 1 aromatic carbocycles. The number of carbonyl (C=O) groups is 1. The molecule has 1 aliphatic rings. The molecule has 3 heteroatoms. The van der Waals surface area contributed by atoms with Crippen molar-refractivity contribution >= 4 is 21.8 Å². The van der Waals surface area contributed by atoms with Crippen LogP contribution in [-0.2, 0) is 4.79 Å². The topological polar surface area (TPSA) is 20.3 Å². The van der Waals surface area contributed by atoms with Crippen LogP contribution in [0.15, 0.2) is 28.7 Å². The summed E-state index contributed by atoms with van der Waals surface area (Å²) in [5, 5.41) is 0. The lowest BCUT2D eigenvalue weighted by Crippen LogP contribution is -2.23. The molecule has 80 valence electrons. The normalized spacial score (nSPS) is 23.7. The van der Waals surface area contributed by atoms with Gasteiger partial charge in [0.1, 0.15) is 0 Å². The quantitative estimate of drug-likeness (QED) is 0.807. The Bertz CT molecular complexity index is 389. The van der Waals surface area contributed by atoms with E-state index in [2.05, 4.69) is 22.0 Å². The molecule has 2 atom stereocenters. The molecule has 1 aliphatic carbocycles. The van der Waals surface area contributed by atoms with Gasteiger partial charge >= 0.3 is 0 Å². The maximum Gasteiger partial charge on any atom is 0.225 e. The van der Waals surface area contributed by atoms with Crippen molar-refractivity contribution in [2.45, 2.75) is 12.3 Å². The Labute approximate surface area is 98.4 Å². The summed E-state index contributed by atoms with van der Waals surface area (Å²) in [6.45, 7) is 0. The number of carbonyl (C=O) groups excluding carboxylic acids is 1. The Balaban J connectivity index is 2.12. The summed E-state index contributed by atoms with van der Waals surface area (Å²) >= 11 is 3.53. The van der Waals surface area contributed by atoms with Crippen molar-refractivity contribution in [3.8, 4) is 0 Å². The van der Waals surface area contributed by atoms with Gasteiger partial charge in [0.2, 0.25) is 5.91 Å². The summed E-state index contributed by atoms with van der Waals surface area (Å²) in [7, 11) is 3.63. The molecule has 2 unspecified atom stereocenters. The third-order valence-corrected chi connectivity index (χ3v) is 3.58. The molecule has 0 spiro atoms. The molecule has 0 heterocycles. The number of amides is 1. The van der Waals surface area contributed by atoms with Crippen molar-refractivity contribution in [3.05, 3.63) is 34.3 Å². The van der Waals surface area contributed by atoms with E-state index in [4.69, 9.17) is 0 Å². The predicted molar refractivity (Wildman–Crippen MR) is 63.7 cm³/mol. The summed E-state index contributed by atoms with van der Waals surface area (Å²) in [5.41, 5.74) is 1.26. The van der Waals surface area contributed by atoms with Gasteiger partial charge in [0, 0.05) is 24.5 Å². The van der Waals surface area contributed by atoms with Crippen LogP contribution in [0.25, 0.3) is 0 Å². The Hall–Kier alpha value is -0.830.